The molecule has 3 nitrogen and oxygen atoms in total. The normalized spacial score (nSPS) is 11.2. The minimum Gasteiger partial charge on any atom is -0.317 e. The molecule has 0 saturated carbocycles. The van der Waals surface area contributed by atoms with Crippen molar-refractivity contribution >= 4 is 57.5 Å². The molecule has 0 spiro atoms. The molecule has 21 heavy (non-hydrogen) atoms. The molecule has 110 valence electrons. The molecule has 1 aromatic carbocycles. The van der Waals surface area contributed by atoms with Gasteiger partial charge >= 0.3 is 0 Å². The van der Waals surface area contributed by atoms with Crippen molar-refractivity contribution in [2.45, 2.75) is 9.55 Å². The summed E-state index contributed by atoms with van der Waals surface area (Å²) in [6, 6.07) is 10.5. The lowest BCUT2D eigenvalue weighted by Gasteiger charge is -2.12. The molecule has 0 aliphatic heterocycles. The van der Waals surface area contributed by atoms with Crippen LogP contribution in [0.2, 0.25) is 0 Å². The maximum Gasteiger partial charge on any atom is 0.283 e. The van der Waals surface area contributed by atoms with Gasteiger partial charge in [-0.25, -0.2) is 0 Å². The molecule has 0 atom stereocenters. The maximum absolute atomic E-state index is 11.8. The van der Waals surface area contributed by atoms with Gasteiger partial charge in [0.15, 0.2) is 0 Å². The number of pyridine rings is 1. The smallest absolute Gasteiger partial charge is 0.283 e. The van der Waals surface area contributed by atoms with Crippen molar-refractivity contribution in [1.29, 1.82) is 0 Å². The molecule has 0 fully saturated rings. The second-order valence-corrected chi connectivity index (χ2v) is 7.37. The van der Waals surface area contributed by atoms with Crippen LogP contribution in [0.1, 0.15) is 11.1 Å². The molecule has 0 bridgehead atoms. The number of thioether (sulfide) groups is 1. The van der Waals surface area contributed by atoms with Crippen LogP contribution in [0.25, 0.3) is 0 Å². The number of hydrogen-bond acceptors (Lipinski definition) is 3. The highest BCUT2D eigenvalue weighted by Gasteiger charge is 2.22. The predicted octanol–water partition coefficient (Wildman–Crippen LogP) is 5.37. The number of nitrogens with zero attached hydrogens (tertiary/aromatic N) is 1. The van der Waals surface area contributed by atoms with Gasteiger partial charge in [-0.05, 0) is 23.8 Å². The van der Waals surface area contributed by atoms with E-state index in [0.29, 0.717) is 17.0 Å². The number of anilines is 1. The second kappa shape index (κ2) is 7.36. The fourth-order valence-corrected chi connectivity index (χ4v) is 2.57. The minimum absolute atomic E-state index is 0.152. The van der Waals surface area contributed by atoms with Crippen LogP contribution in [0.3, 0.4) is 0 Å². The molecule has 0 saturated heterocycles. The van der Waals surface area contributed by atoms with Crippen molar-refractivity contribution in [2.24, 2.45) is 0 Å². The summed E-state index contributed by atoms with van der Waals surface area (Å²) >= 11 is 18.5. The van der Waals surface area contributed by atoms with E-state index in [2.05, 4.69) is 10.3 Å². The van der Waals surface area contributed by atoms with Crippen LogP contribution < -0.4 is 5.32 Å². The number of benzene rings is 1. The number of hydrogen-bond donors (Lipinski definition) is 1. The molecule has 2 rings (SSSR count). The van der Waals surface area contributed by atoms with Gasteiger partial charge in [-0.3, -0.25) is 9.78 Å². The van der Waals surface area contributed by atoms with Gasteiger partial charge in [0.1, 0.15) is 0 Å². The molecule has 0 unspecified atom stereocenters. The topological polar surface area (TPSA) is 42.0 Å². The molecule has 0 radical (unpaired) electrons. The van der Waals surface area contributed by atoms with Gasteiger partial charge in [-0.15, -0.1) is 0 Å². The summed E-state index contributed by atoms with van der Waals surface area (Å²) in [5.41, 5.74) is 2.19. The third-order valence-corrected chi connectivity index (χ3v) is 4.05. The van der Waals surface area contributed by atoms with Crippen molar-refractivity contribution in [3.05, 3.63) is 59.9 Å². The summed E-state index contributed by atoms with van der Waals surface area (Å²) in [6.45, 7) is 0. The van der Waals surface area contributed by atoms with E-state index in [9.17, 15) is 4.79 Å². The summed E-state index contributed by atoms with van der Waals surface area (Å²) in [6.07, 6.45) is 3.43. The SMILES string of the molecule is O=C(Nc1ccc(C(Cl)(Cl)Cl)cc1)SCc1cccnc1. The number of carbonyl (C=O) groups excluding carboxylic acids is 1. The third-order valence-electron chi connectivity index (χ3n) is 2.55. The van der Waals surface area contributed by atoms with E-state index in [0.717, 1.165) is 5.56 Å². The number of amides is 1. The Hall–Kier alpha value is -0.940. The fraction of sp³-hybridized carbons (Fsp3) is 0.143. The van der Waals surface area contributed by atoms with Crippen LogP contribution in [-0.2, 0) is 9.55 Å². The van der Waals surface area contributed by atoms with Gasteiger partial charge in [-0.2, -0.15) is 0 Å². The van der Waals surface area contributed by atoms with Crippen molar-refractivity contribution in [3.63, 3.8) is 0 Å². The highest BCUT2D eigenvalue weighted by Crippen LogP contribution is 2.38. The van der Waals surface area contributed by atoms with Crippen LogP contribution in [0.5, 0.6) is 0 Å². The van der Waals surface area contributed by atoms with Gasteiger partial charge in [0.2, 0.25) is 3.79 Å². The van der Waals surface area contributed by atoms with Gasteiger partial charge in [0, 0.05) is 29.4 Å². The Labute approximate surface area is 142 Å². The molecular formula is C14H11Cl3N2OS. The lowest BCUT2D eigenvalue weighted by molar-refractivity contribution is 0.269. The first-order chi connectivity index (χ1) is 9.95. The van der Waals surface area contributed by atoms with E-state index in [4.69, 9.17) is 34.8 Å². The number of alkyl halides is 3. The number of halogens is 3. The molecule has 1 N–H and O–H groups in total. The Morgan fingerprint density at radius 2 is 1.90 bits per heavy atom. The van der Waals surface area contributed by atoms with Crippen molar-refractivity contribution in [1.82, 2.24) is 4.98 Å². The maximum atomic E-state index is 11.8. The standard InChI is InChI=1S/C14H11Cl3N2OS/c15-14(16,17)11-3-5-12(6-4-11)19-13(20)21-9-10-2-1-7-18-8-10/h1-8H,9H2,(H,19,20). The van der Waals surface area contributed by atoms with E-state index < -0.39 is 3.79 Å². The molecule has 7 heteroatoms. The van der Waals surface area contributed by atoms with Gasteiger partial charge < -0.3 is 5.32 Å². The molecule has 1 amide bonds. The molecular weight excluding hydrogens is 351 g/mol. The van der Waals surface area contributed by atoms with Gasteiger partial charge in [-0.1, -0.05) is 64.8 Å². The molecule has 2 aromatic rings. The van der Waals surface area contributed by atoms with E-state index in [1.54, 1.807) is 36.7 Å². The second-order valence-electron chi connectivity index (χ2n) is 4.14. The summed E-state index contributed by atoms with van der Waals surface area (Å²) in [5, 5.41) is 2.61. The predicted molar refractivity (Wildman–Crippen MR) is 90.2 cm³/mol. The lowest BCUT2D eigenvalue weighted by Crippen LogP contribution is -2.06. The van der Waals surface area contributed by atoms with Crippen molar-refractivity contribution in [2.75, 3.05) is 5.32 Å². The summed E-state index contributed by atoms with van der Waals surface area (Å²) in [5.74, 6) is 0.561. The number of carbonyl (C=O) groups is 1. The Morgan fingerprint density at radius 3 is 2.48 bits per heavy atom. The number of nitrogens with one attached hydrogen (secondary N) is 1. The van der Waals surface area contributed by atoms with Crippen molar-refractivity contribution < 1.29 is 4.79 Å². The highest BCUT2D eigenvalue weighted by atomic mass is 35.6. The third kappa shape index (κ3) is 5.40. The van der Waals surface area contributed by atoms with Crippen LogP contribution in [0, 0.1) is 0 Å². The fourth-order valence-electron chi connectivity index (χ4n) is 1.53. The monoisotopic (exact) mass is 360 g/mol. The Balaban J connectivity index is 1.88. The Morgan fingerprint density at radius 1 is 1.19 bits per heavy atom. The zero-order valence-electron chi connectivity index (χ0n) is 10.7. The molecule has 0 aliphatic rings. The molecule has 1 aromatic heterocycles. The largest absolute Gasteiger partial charge is 0.317 e. The van der Waals surface area contributed by atoms with E-state index >= 15 is 0 Å². The lowest BCUT2D eigenvalue weighted by atomic mass is 10.2. The Kier molecular flexibility index (Phi) is 5.76. The van der Waals surface area contributed by atoms with E-state index in [1.807, 2.05) is 12.1 Å². The minimum atomic E-state index is -1.46. The van der Waals surface area contributed by atoms with Crippen LogP contribution in [-0.4, -0.2) is 10.2 Å². The first-order valence-electron chi connectivity index (χ1n) is 5.95. The molecule has 1 heterocycles. The van der Waals surface area contributed by atoms with Crippen molar-refractivity contribution in [3.8, 4) is 0 Å². The first-order valence-corrected chi connectivity index (χ1v) is 8.07. The first kappa shape index (κ1) is 16.4. The van der Waals surface area contributed by atoms with E-state index in [1.165, 1.54) is 11.8 Å². The zero-order valence-corrected chi connectivity index (χ0v) is 13.8. The van der Waals surface area contributed by atoms with Crippen LogP contribution in [0.4, 0.5) is 10.5 Å². The number of aromatic nitrogens is 1. The summed E-state index contributed by atoms with van der Waals surface area (Å²) in [7, 11) is 0. The molecule has 0 aliphatic carbocycles. The van der Waals surface area contributed by atoms with Crippen LogP contribution in [0.15, 0.2) is 48.8 Å². The zero-order chi connectivity index (χ0) is 15.3. The van der Waals surface area contributed by atoms with Crippen LogP contribution >= 0.6 is 46.6 Å². The van der Waals surface area contributed by atoms with E-state index in [-0.39, 0.29) is 5.24 Å². The quantitative estimate of drug-likeness (QED) is 0.747. The van der Waals surface area contributed by atoms with Gasteiger partial charge in [0.25, 0.3) is 5.24 Å². The highest BCUT2D eigenvalue weighted by molar-refractivity contribution is 8.13. The summed E-state index contributed by atoms with van der Waals surface area (Å²) < 4.78 is -1.46. The summed E-state index contributed by atoms with van der Waals surface area (Å²) in [4.78, 5) is 15.8. The van der Waals surface area contributed by atoms with Gasteiger partial charge in [0.05, 0.1) is 0 Å². The average Bonchev–Trinajstić information content (AvgIpc) is 2.46. The average molecular weight is 362 g/mol. The Bertz CT molecular complexity index is 600. The number of rotatable bonds is 3.